The number of hydrogen-bond donors (Lipinski definition) is 1. The molecule has 0 aliphatic carbocycles. The van der Waals surface area contributed by atoms with Crippen molar-refractivity contribution in [2.75, 3.05) is 0 Å². The zero-order chi connectivity index (χ0) is 15.2. The van der Waals surface area contributed by atoms with Gasteiger partial charge in [-0.2, -0.15) is 0 Å². The summed E-state index contributed by atoms with van der Waals surface area (Å²) in [4.78, 5) is 12.0. The molecule has 0 aliphatic rings. The van der Waals surface area contributed by atoms with Gasteiger partial charge in [0, 0.05) is 0 Å². The number of carbonyl (C=O) groups excluding carboxylic acids is 1. The van der Waals surface area contributed by atoms with Crippen molar-refractivity contribution in [2.45, 2.75) is 32.7 Å². The Morgan fingerprint density at radius 3 is 2.43 bits per heavy atom. The van der Waals surface area contributed by atoms with Gasteiger partial charge in [-0.25, -0.2) is 4.39 Å². The number of halogens is 1. The maximum absolute atomic E-state index is 13.5. The summed E-state index contributed by atoms with van der Waals surface area (Å²) in [7, 11) is 0. The molecule has 0 bridgehead atoms. The molecule has 3 heteroatoms. The molecule has 2 nitrogen and oxygen atoms in total. The van der Waals surface area contributed by atoms with Crippen molar-refractivity contribution in [1.82, 2.24) is 5.32 Å². The van der Waals surface area contributed by atoms with Crippen molar-refractivity contribution >= 4 is 5.91 Å². The molecule has 2 rings (SSSR count). The molecule has 0 saturated carbocycles. The van der Waals surface area contributed by atoms with Gasteiger partial charge in [-0.1, -0.05) is 49.4 Å². The maximum Gasteiger partial charge on any atom is 0.225 e. The Labute approximate surface area is 125 Å². The van der Waals surface area contributed by atoms with E-state index in [0.29, 0.717) is 5.56 Å². The van der Waals surface area contributed by atoms with Gasteiger partial charge in [-0.05, 0) is 36.1 Å². The van der Waals surface area contributed by atoms with E-state index in [2.05, 4.69) is 24.4 Å². The van der Waals surface area contributed by atoms with E-state index in [-0.39, 0.29) is 24.2 Å². The Morgan fingerprint density at radius 2 is 1.81 bits per heavy atom. The first-order valence-corrected chi connectivity index (χ1v) is 7.21. The van der Waals surface area contributed by atoms with Crippen LogP contribution in [0.3, 0.4) is 0 Å². The zero-order valence-electron chi connectivity index (χ0n) is 12.4. The second-order valence-electron chi connectivity index (χ2n) is 5.15. The van der Waals surface area contributed by atoms with Crippen LogP contribution in [-0.2, 0) is 17.6 Å². The van der Waals surface area contributed by atoms with Crippen LogP contribution in [0.1, 0.15) is 36.6 Å². The van der Waals surface area contributed by atoms with E-state index >= 15 is 0 Å². The minimum absolute atomic E-state index is 0.0596. The molecule has 2 aromatic carbocycles. The first kappa shape index (κ1) is 15.2. The van der Waals surface area contributed by atoms with Crippen molar-refractivity contribution in [1.29, 1.82) is 0 Å². The van der Waals surface area contributed by atoms with Gasteiger partial charge in [0.1, 0.15) is 5.82 Å². The lowest BCUT2D eigenvalue weighted by Crippen LogP contribution is -2.28. The Hall–Kier alpha value is -2.16. The van der Waals surface area contributed by atoms with Crippen LogP contribution >= 0.6 is 0 Å². The van der Waals surface area contributed by atoms with E-state index in [1.807, 2.05) is 19.1 Å². The summed E-state index contributed by atoms with van der Waals surface area (Å²) >= 11 is 0. The van der Waals surface area contributed by atoms with Gasteiger partial charge in [0.2, 0.25) is 5.91 Å². The van der Waals surface area contributed by atoms with E-state index in [4.69, 9.17) is 0 Å². The minimum atomic E-state index is -0.340. The second-order valence-corrected chi connectivity index (χ2v) is 5.15. The quantitative estimate of drug-likeness (QED) is 0.889. The lowest BCUT2D eigenvalue weighted by molar-refractivity contribution is -0.121. The fraction of sp³-hybridized carbons (Fsp3) is 0.278. The molecule has 0 fully saturated rings. The molecule has 0 saturated heterocycles. The van der Waals surface area contributed by atoms with Gasteiger partial charge in [0.15, 0.2) is 0 Å². The highest BCUT2D eigenvalue weighted by Crippen LogP contribution is 2.14. The third-order valence-corrected chi connectivity index (χ3v) is 3.57. The summed E-state index contributed by atoms with van der Waals surface area (Å²) in [6.07, 6.45) is 1.05. The highest BCUT2D eigenvalue weighted by molar-refractivity contribution is 5.79. The van der Waals surface area contributed by atoms with Crippen molar-refractivity contribution in [2.24, 2.45) is 0 Å². The summed E-state index contributed by atoms with van der Waals surface area (Å²) in [5, 5.41) is 2.90. The van der Waals surface area contributed by atoms with Crippen LogP contribution in [0, 0.1) is 5.82 Å². The number of nitrogens with one attached hydrogen (secondary N) is 1. The fourth-order valence-corrected chi connectivity index (χ4v) is 2.23. The van der Waals surface area contributed by atoms with E-state index in [9.17, 15) is 9.18 Å². The molecule has 1 N–H and O–H groups in total. The summed E-state index contributed by atoms with van der Waals surface area (Å²) in [5.41, 5.74) is 2.74. The normalized spacial score (nSPS) is 12.0. The molecule has 0 heterocycles. The molecule has 1 unspecified atom stereocenters. The van der Waals surface area contributed by atoms with Crippen molar-refractivity contribution in [3.05, 3.63) is 71.0 Å². The van der Waals surface area contributed by atoms with E-state index in [1.54, 1.807) is 18.2 Å². The van der Waals surface area contributed by atoms with Crippen LogP contribution in [0.5, 0.6) is 0 Å². The average molecular weight is 285 g/mol. The molecule has 0 aliphatic heterocycles. The molecule has 0 aromatic heterocycles. The number of hydrogen-bond acceptors (Lipinski definition) is 1. The summed E-state index contributed by atoms with van der Waals surface area (Å²) in [6, 6.07) is 14.4. The second kappa shape index (κ2) is 7.02. The molecule has 1 amide bonds. The number of carbonyl (C=O) groups is 1. The predicted octanol–water partition coefficient (Wildman–Crippen LogP) is 3.81. The molecule has 2 aromatic rings. The Bertz CT molecular complexity index is 607. The van der Waals surface area contributed by atoms with Gasteiger partial charge in [-0.3, -0.25) is 4.79 Å². The Morgan fingerprint density at radius 1 is 1.14 bits per heavy atom. The topological polar surface area (TPSA) is 29.1 Å². The first-order chi connectivity index (χ1) is 10.1. The standard InChI is InChI=1S/C18H20FNO/c1-3-14-8-10-15(11-9-14)13(2)20-18(21)12-16-6-4-5-7-17(16)19/h4-11,13H,3,12H2,1-2H3,(H,20,21). The third-order valence-electron chi connectivity index (χ3n) is 3.57. The summed E-state index contributed by atoms with van der Waals surface area (Å²) in [5.74, 6) is -0.514. The predicted molar refractivity (Wildman–Crippen MR) is 82.5 cm³/mol. The first-order valence-electron chi connectivity index (χ1n) is 7.21. The van der Waals surface area contributed by atoms with Crippen LogP contribution < -0.4 is 5.32 Å². The molecular formula is C18H20FNO. The number of rotatable bonds is 5. The monoisotopic (exact) mass is 285 g/mol. The number of benzene rings is 2. The molecule has 110 valence electrons. The number of aryl methyl sites for hydroxylation is 1. The van der Waals surface area contributed by atoms with Crippen molar-refractivity contribution in [3.63, 3.8) is 0 Å². The molecule has 0 spiro atoms. The van der Waals surface area contributed by atoms with Crippen molar-refractivity contribution < 1.29 is 9.18 Å². The van der Waals surface area contributed by atoms with Gasteiger partial charge >= 0.3 is 0 Å². The fourth-order valence-electron chi connectivity index (χ4n) is 2.23. The molecular weight excluding hydrogens is 265 g/mol. The Kier molecular flexibility index (Phi) is 5.09. The lowest BCUT2D eigenvalue weighted by atomic mass is 10.0. The Balaban J connectivity index is 1.97. The lowest BCUT2D eigenvalue weighted by Gasteiger charge is -2.15. The van der Waals surface area contributed by atoms with Crippen LogP contribution in [0.2, 0.25) is 0 Å². The molecule has 1 atom stereocenters. The van der Waals surface area contributed by atoms with Gasteiger partial charge in [-0.15, -0.1) is 0 Å². The third kappa shape index (κ3) is 4.15. The van der Waals surface area contributed by atoms with Crippen LogP contribution in [0.4, 0.5) is 4.39 Å². The van der Waals surface area contributed by atoms with Crippen LogP contribution in [0.15, 0.2) is 48.5 Å². The highest BCUT2D eigenvalue weighted by atomic mass is 19.1. The molecule has 21 heavy (non-hydrogen) atoms. The van der Waals surface area contributed by atoms with Gasteiger partial charge in [0.05, 0.1) is 12.5 Å². The largest absolute Gasteiger partial charge is 0.349 e. The summed E-state index contributed by atoms with van der Waals surface area (Å²) < 4.78 is 13.5. The molecule has 0 radical (unpaired) electrons. The summed E-state index contributed by atoms with van der Waals surface area (Å²) in [6.45, 7) is 4.04. The van der Waals surface area contributed by atoms with E-state index in [1.165, 1.54) is 11.6 Å². The van der Waals surface area contributed by atoms with Gasteiger partial charge < -0.3 is 5.32 Å². The average Bonchev–Trinajstić information content (AvgIpc) is 2.49. The van der Waals surface area contributed by atoms with E-state index < -0.39 is 0 Å². The van der Waals surface area contributed by atoms with Crippen LogP contribution in [0.25, 0.3) is 0 Å². The number of amides is 1. The maximum atomic E-state index is 13.5. The van der Waals surface area contributed by atoms with E-state index in [0.717, 1.165) is 12.0 Å². The minimum Gasteiger partial charge on any atom is -0.349 e. The zero-order valence-corrected chi connectivity index (χ0v) is 12.4. The van der Waals surface area contributed by atoms with Crippen molar-refractivity contribution in [3.8, 4) is 0 Å². The highest BCUT2D eigenvalue weighted by Gasteiger charge is 2.12. The SMILES string of the molecule is CCc1ccc(C(C)NC(=O)Cc2ccccc2F)cc1. The van der Waals surface area contributed by atoms with Gasteiger partial charge in [0.25, 0.3) is 0 Å². The van der Waals surface area contributed by atoms with Crippen LogP contribution in [-0.4, -0.2) is 5.91 Å². The smallest absolute Gasteiger partial charge is 0.225 e.